The number of likely N-dealkylation sites (N-methyl/N-ethyl adjacent to an activating group) is 8. The van der Waals surface area contributed by atoms with Gasteiger partial charge in [-0.1, -0.05) is 91.0 Å². The van der Waals surface area contributed by atoms with Crippen LogP contribution in [0.3, 0.4) is 0 Å². The Kier molecular flexibility index (Phi) is 27.9. The van der Waals surface area contributed by atoms with Crippen LogP contribution in [0.5, 0.6) is 0 Å². The quantitative estimate of drug-likeness (QED) is 0.143. The average Bonchev–Trinajstić information content (AvgIpc) is 0.794. The highest BCUT2D eigenvalue weighted by Crippen LogP contribution is 2.40. The molecule has 4 heterocycles. The molecular weight excluding hydrogens is 1250 g/mol. The fourth-order valence-electron chi connectivity index (χ4n) is 15.5. The van der Waals surface area contributed by atoms with Crippen molar-refractivity contribution < 1.29 is 52.6 Å². The average molecular weight is 1360 g/mol. The summed E-state index contributed by atoms with van der Waals surface area (Å²) in [5.74, 6) is 1.30. The van der Waals surface area contributed by atoms with Gasteiger partial charge in [-0.25, -0.2) is 14.4 Å². The molecule has 4 aliphatic heterocycles. The van der Waals surface area contributed by atoms with Gasteiger partial charge in [0.05, 0.1) is 0 Å². The first-order chi connectivity index (χ1) is 46.9. The van der Waals surface area contributed by atoms with Crippen molar-refractivity contribution >= 4 is 47.7 Å². The molecule has 4 saturated heterocycles. The van der Waals surface area contributed by atoms with Crippen LogP contribution in [-0.4, -0.2) is 248 Å². The molecule has 12 rings (SSSR count). The summed E-state index contributed by atoms with van der Waals surface area (Å²) in [5.41, 5.74) is 13.5. The number of hydrogen-bond donors (Lipinski definition) is 5. The van der Waals surface area contributed by atoms with E-state index in [1.54, 1.807) is 0 Å². The Bertz CT molecular complexity index is 2910. The number of alkyl carbamates (subject to hydrolysis) is 3. The second-order valence-electron chi connectivity index (χ2n) is 28.9. The zero-order valence-corrected chi connectivity index (χ0v) is 59.7. The fraction of sp³-hybridized carbons (Fsp3) is 0.649. The molecule has 24 heteroatoms. The van der Waals surface area contributed by atoms with Crippen molar-refractivity contribution in [3.63, 3.8) is 0 Å². The van der Waals surface area contributed by atoms with Crippen LogP contribution in [0.4, 0.5) is 14.4 Å². The number of nitrogens with zero attached hydrogens (tertiary/aromatic N) is 8. The number of ether oxygens (including phenoxy) is 3. The summed E-state index contributed by atoms with van der Waals surface area (Å²) >= 11 is 0. The van der Waals surface area contributed by atoms with Gasteiger partial charge in [0.1, 0.15) is 47.8 Å². The van der Waals surface area contributed by atoms with Crippen LogP contribution in [0.1, 0.15) is 145 Å². The fourth-order valence-corrected chi connectivity index (χ4v) is 15.5. The van der Waals surface area contributed by atoms with E-state index in [2.05, 4.69) is 49.6 Å². The Hall–Kier alpha value is -7.22. The number of amides is 7. The first-order valence-electron chi connectivity index (χ1n) is 35.7. The molecule has 0 atom stereocenters. The van der Waals surface area contributed by atoms with Crippen molar-refractivity contribution in [3.05, 3.63) is 108 Å². The van der Waals surface area contributed by atoms with Crippen molar-refractivity contribution in [2.45, 2.75) is 201 Å². The molecule has 0 radical (unpaired) electrons. The summed E-state index contributed by atoms with van der Waals surface area (Å²) in [5, 5.41) is 8.69. The van der Waals surface area contributed by atoms with E-state index in [-0.39, 0.29) is 89.9 Å². The SMILES string of the molecule is CN1CCN(C)C2(CCC(N)CC2)C1=O.CN1CCN(C)C2(CCC(N)CC2)C1=O.CN1CCN(C)C2(CCC(NC(=O)OCc3ccccc3)CC2)C1=O.CN1CCN(C)C2(CCC(NC(=O)OCc3ccccc3)CC2)C1=O.O=C1CCC(NC(=O)OCc2ccccc2)CC1. The summed E-state index contributed by atoms with van der Waals surface area (Å²) in [6.07, 6.45) is 15.3. The van der Waals surface area contributed by atoms with Gasteiger partial charge in [-0.05, 0) is 160 Å². The maximum atomic E-state index is 12.7. The third-order valence-corrected chi connectivity index (χ3v) is 22.5. The third kappa shape index (κ3) is 19.8. The Balaban J connectivity index is 0.000000159. The van der Waals surface area contributed by atoms with Gasteiger partial charge in [0.25, 0.3) is 0 Å². The third-order valence-electron chi connectivity index (χ3n) is 22.5. The summed E-state index contributed by atoms with van der Waals surface area (Å²) in [7, 11) is 15.8. The van der Waals surface area contributed by atoms with Gasteiger partial charge in [-0.2, -0.15) is 0 Å². The molecule has 3 aromatic carbocycles. The summed E-state index contributed by atoms with van der Waals surface area (Å²) in [4.78, 5) is 113. The highest BCUT2D eigenvalue weighted by molar-refractivity contribution is 5.89. The molecular formula is C74H113N13O11. The van der Waals surface area contributed by atoms with Gasteiger partial charge < -0.3 is 61.2 Å². The number of Topliss-reactive ketones (excluding diaryl/α,β-unsaturated/α-hetero) is 1. The van der Waals surface area contributed by atoms with Crippen molar-refractivity contribution in [1.82, 2.24) is 55.1 Å². The minimum Gasteiger partial charge on any atom is -0.445 e. The monoisotopic (exact) mass is 1360 g/mol. The van der Waals surface area contributed by atoms with E-state index in [4.69, 9.17) is 25.7 Å². The summed E-state index contributed by atoms with van der Waals surface area (Å²) < 4.78 is 15.7. The van der Waals surface area contributed by atoms with E-state index in [1.165, 1.54) is 0 Å². The molecule has 7 N–H and O–H groups in total. The Morgan fingerprint density at radius 2 is 0.582 bits per heavy atom. The molecule has 24 nitrogen and oxygen atoms in total. The molecule has 0 unspecified atom stereocenters. The van der Waals surface area contributed by atoms with Crippen molar-refractivity contribution in [1.29, 1.82) is 0 Å². The predicted octanol–water partition coefficient (Wildman–Crippen LogP) is 6.48. The van der Waals surface area contributed by atoms with Crippen molar-refractivity contribution in [3.8, 4) is 0 Å². The Labute approximate surface area is 581 Å². The van der Waals surface area contributed by atoms with E-state index >= 15 is 0 Å². The maximum absolute atomic E-state index is 12.7. The topological polar surface area (TPSA) is 278 Å². The van der Waals surface area contributed by atoms with E-state index < -0.39 is 6.09 Å². The van der Waals surface area contributed by atoms with Gasteiger partial charge in [0.15, 0.2) is 0 Å². The minimum atomic E-state index is -0.404. The van der Waals surface area contributed by atoms with Crippen LogP contribution < -0.4 is 27.4 Å². The van der Waals surface area contributed by atoms with Crippen LogP contribution in [0.15, 0.2) is 91.0 Å². The molecule has 98 heavy (non-hydrogen) atoms. The van der Waals surface area contributed by atoms with E-state index in [9.17, 15) is 38.4 Å². The van der Waals surface area contributed by atoms with Gasteiger partial charge in [0, 0.05) is 124 Å². The number of hydrogen-bond acceptors (Lipinski definition) is 17. The maximum Gasteiger partial charge on any atom is 0.407 e. The molecule has 0 aromatic heterocycles. The number of carbonyl (C=O) groups is 8. The van der Waals surface area contributed by atoms with Gasteiger partial charge in [0.2, 0.25) is 23.6 Å². The highest BCUT2D eigenvalue weighted by atomic mass is 16.6. The Morgan fingerprint density at radius 3 is 0.827 bits per heavy atom. The standard InChI is InChI=1S/2C19H27N3O3.C14H17NO3.2C11H21N3O/c2*1-21-12-13-22(2)19(17(21)23)10-8-16(9-11-19)20-18(24)25-14-15-6-4-3-5-7-15;16-13-8-6-12(7-9-13)15-14(17)18-10-11-4-2-1-3-5-11;2*1-13-7-8-14(2)11(10(13)15)5-3-9(12)4-6-11/h2*3-7,16H,8-14H2,1-2H3,(H,20,24);1-5,12H,6-10H2,(H,15,17);2*9H,3-8,12H2,1-2H3. The summed E-state index contributed by atoms with van der Waals surface area (Å²) in [6, 6.07) is 29.6. The number of nitrogens with two attached hydrogens (primary N) is 2. The lowest BCUT2D eigenvalue weighted by atomic mass is 9.76. The number of rotatable bonds is 9. The second-order valence-corrected chi connectivity index (χ2v) is 28.9. The van der Waals surface area contributed by atoms with Crippen LogP contribution in [-0.2, 0) is 58.0 Å². The van der Waals surface area contributed by atoms with Crippen LogP contribution >= 0.6 is 0 Å². The van der Waals surface area contributed by atoms with Crippen LogP contribution in [0, 0.1) is 0 Å². The molecule has 5 saturated carbocycles. The number of piperazine rings is 4. The molecule has 9 fully saturated rings. The lowest BCUT2D eigenvalue weighted by Gasteiger charge is -2.50. The predicted molar refractivity (Wildman–Crippen MR) is 376 cm³/mol. The van der Waals surface area contributed by atoms with E-state index in [0.29, 0.717) is 36.7 Å². The normalized spacial score (nSPS) is 28.8. The molecule has 7 amide bonds. The van der Waals surface area contributed by atoms with Gasteiger partial charge in [-0.3, -0.25) is 43.6 Å². The number of ketones is 1. The Morgan fingerprint density at radius 1 is 0.357 bits per heavy atom. The van der Waals surface area contributed by atoms with Crippen LogP contribution in [0.25, 0.3) is 0 Å². The molecule has 5 aliphatic carbocycles. The molecule has 3 aromatic rings. The van der Waals surface area contributed by atoms with E-state index in [1.807, 2.05) is 153 Å². The number of benzene rings is 3. The van der Waals surface area contributed by atoms with Gasteiger partial charge in [-0.15, -0.1) is 0 Å². The van der Waals surface area contributed by atoms with Crippen LogP contribution in [0.2, 0.25) is 0 Å². The van der Waals surface area contributed by atoms with Crippen molar-refractivity contribution in [2.75, 3.05) is 109 Å². The highest BCUT2D eigenvalue weighted by Gasteiger charge is 2.52. The lowest BCUT2D eigenvalue weighted by molar-refractivity contribution is -0.152. The minimum absolute atomic E-state index is 0.0716. The van der Waals surface area contributed by atoms with Crippen molar-refractivity contribution in [2.24, 2.45) is 11.5 Å². The first kappa shape index (κ1) is 76.5. The molecule has 540 valence electrons. The number of carbonyl (C=O) groups excluding carboxylic acids is 8. The zero-order chi connectivity index (χ0) is 70.6. The van der Waals surface area contributed by atoms with Gasteiger partial charge >= 0.3 is 18.3 Å². The molecule has 4 spiro atoms. The number of nitrogens with one attached hydrogen (secondary N) is 3. The van der Waals surface area contributed by atoms with E-state index in [0.717, 1.165) is 185 Å². The first-order valence-corrected chi connectivity index (χ1v) is 35.7. The largest absolute Gasteiger partial charge is 0.445 e. The molecule has 9 aliphatic rings. The lowest BCUT2D eigenvalue weighted by Crippen LogP contribution is -2.65. The smallest absolute Gasteiger partial charge is 0.407 e. The molecule has 0 bridgehead atoms. The summed E-state index contributed by atoms with van der Waals surface area (Å²) in [6.45, 7) is 7.86. The second kappa shape index (κ2) is 35.7. The zero-order valence-electron chi connectivity index (χ0n) is 59.7.